The number of rotatable bonds is 8. The molecule has 6 nitrogen and oxygen atoms in total. The largest absolute Gasteiger partial charge is 0.378 e. The molecule has 0 bridgehead atoms. The number of hydrogen-bond donors (Lipinski definition) is 0. The van der Waals surface area contributed by atoms with E-state index in [-0.39, 0.29) is 0 Å². The number of aromatic nitrogens is 2. The van der Waals surface area contributed by atoms with E-state index < -0.39 is 0 Å². The lowest BCUT2D eigenvalue weighted by molar-refractivity contribution is 0.0298. The van der Waals surface area contributed by atoms with Gasteiger partial charge in [-0.2, -0.15) is 0 Å². The summed E-state index contributed by atoms with van der Waals surface area (Å²) in [4.78, 5) is 14.3. The Kier molecular flexibility index (Phi) is 5.68. The Morgan fingerprint density at radius 3 is 1.39 bits per heavy atom. The van der Waals surface area contributed by atoms with Crippen LogP contribution in [-0.2, 0) is 9.47 Å². The van der Waals surface area contributed by atoms with Crippen LogP contribution in [0.25, 0.3) is 0 Å². The van der Waals surface area contributed by atoms with Crippen molar-refractivity contribution < 1.29 is 9.47 Å². The second-order valence-electron chi connectivity index (χ2n) is 9.13. The first-order valence-electron chi connectivity index (χ1n) is 11.4. The topological polar surface area (TPSA) is 50.7 Å². The molecule has 0 atom stereocenters. The van der Waals surface area contributed by atoms with Gasteiger partial charge >= 0.3 is 0 Å². The van der Waals surface area contributed by atoms with Crippen molar-refractivity contribution in [2.24, 2.45) is 11.8 Å². The number of anilines is 2. The van der Waals surface area contributed by atoms with Gasteiger partial charge < -0.3 is 19.3 Å². The Bertz CT molecular complexity index is 578. The number of piperidine rings is 2. The SMILES string of the molecule is c1cnc(N2CCC(OCC3CC3)CC2)c(N2CCC(OCC3CC3)CC2)n1. The molecule has 1 aromatic heterocycles. The maximum Gasteiger partial charge on any atom is 0.171 e. The molecule has 2 aliphatic carbocycles. The van der Waals surface area contributed by atoms with Crippen molar-refractivity contribution in [1.82, 2.24) is 9.97 Å². The molecule has 3 heterocycles. The maximum absolute atomic E-state index is 6.11. The second-order valence-corrected chi connectivity index (χ2v) is 9.13. The van der Waals surface area contributed by atoms with Gasteiger partial charge in [0.15, 0.2) is 11.6 Å². The first-order chi connectivity index (χ1) is 13.8. The lowest BCUT2D eigenvalue weighted by Crippen LogP contribution is -2.41. The predicted octanol–water partition coefficient (Wildman–Crippen LogP) is 3.27. The van der Waals surface area contributed by atoms with Crippen molar-refractivity contribution in [2.45, 2.75) is 63.6 Å². The normalized spacial score (nSPS) is 24.7. The quantitative estimate of drug-likeness (QED) is 0.683. The minimum atomic E-state index is 0.427. The summed E-state index contributed by atoms with van der Waals surface area (Å²) in [5, 5.41) is 0. The summed E-state index contributed by atoms with van der Waals surface area (Å²) < 4.78 is 12.2. The number of hydrogen-bond acceptors (Lipinski definition) is 6. The zero-order chi connectivity index (χ0) is 18.8. The second kappa shape index (κ2) is 8.54. The van der Waals surface area contributed by atoms with E-state index in [0.29, 0.717) is 12.2 Å². The van der Waals surface area contributed by atoms with Crippen molar-refractivity contribution in [3.8, 4) is 0 Å². The molecule has 2 aliphatic heterocycles. The summed E-state index contributed by atoms with van der Waals surface area (Å²) in [6, 6.07) is 0. The smallest absolute Gasteiger partial charge is 0.171 e. The molecule has 2 saturated carbocycles. The molecule has 4 fully saturated rings. The summed E-state index contributed by atoms with van der Waals surface area (Å²) in [6.45, 7) is 6.01. The summed E-state index contributed by atoms with van der Waals surface area (Å²) in [5.41, 5.74) is 0. The molecule has 2 saturated heterocycles. The van der Waals surface area contributed by atoms with Crippen LogP contribution in [0.1, 0.15) is 51.4 Å². The van der Waals surface area contributed by atoms with Gasteiger partial charge in [-0.3, -0.25) is 0 Å². The highest BCUT2D eigenvalue weighted by atomic mass is 16.5. The Hall–Kier alpha value is -1.40. The summed E-state index contributed by atoms with van der Waals surface area (Å²) in [6.07, 6.45) is 14.4. The first kappa shape index (κ1) is 18.6. The molecule has 28 heavy (non-hydrogen) atoms. The van der Waals surface area contributed by atoms with Crippen molar-refractivity contribution >= 4 is 11.6 Å². The van der Waals surface area contributed by atoms with E-state index in [1.807, 2.05) is 12.4 Å². The monoisotopic (exact) mass is 386 g/mol. The average molecular weight is 387 g/mol. The van der Waals surface area contributed by atoms with Crippen LogP contribution < -0.4 is 9.80 Å². The van der Waals surface area contributed by atoms with E-state index in [1.165, 1.54) is 25.7 Å². The summed E-state index contributed by atoms with van der Waals surface area (Å²) >= 11 is 0. The van der Waals surface area contributed by atoms with E-state index in [1.54, 1.807) is 0 Å². The number of ether oxygens (including phenoxy) is 2. The molecule has 0 N–H and O–H groups in total. The third kappa shape index (κ3) is 4.77. The van der Waals surface area contributed by atoms with Gasteiger partial charge in [0.1, 0.15) is 0 Å². The van der Waals surface area contributed by atoms with E-state index in [9.17, 15) is 0 Å². The molecule has 5 rings (SSSR count). The molecule has 4 aliphatic rings. The molecule has 0 unspecified atom stereocenters. The molecule has 0 radical (unpaired) electrons. The van der Waals surface area contributed by atoms with Crippen LogP contribution in [0, 0.1) is 11.8 Å². The Morgan fingerprint density at radius 2 is 1.04 bits per heavy atom. The third-order valence-corrected chi connectivity index (χ3v) is 6.67. The van der Waals surface area contributed by atoms with E-state index in [0.717, 1.165) is 88.5 Å². The van der Waals surface area contributed by atoms with Crippen LogP contribution in [0.5, 0.6) is 0 Å². The standard InChI is InChI=1S/C22H34N4O2/c1-2-17(1)15-27-19-5-11-25(12-6-19)21-22(24-10-9-23-21)26-13-7-20(8-14-26)28-16-18-3-4-18/h9-10,17-20H,1-8,11-16H2. The first-order valence-corrected chi connectivity index (χ1v) is 11.4. The maximum atomic E-state index is 6.11. The highest BCUT2D eigenvalue weighted by Crippen LogP contribution is 2.33. The van der Waals surface area contributed by atoms with Crippen LogP contribution in [-0.4, -0.2) is 61.6 Å². The molecule has 154 valence electrons. The number of nitrogens with zero attached hydrogens (tertiary/aromatic N) is 4. The van der Waals surface area contributed by atoms with Crippen molar-refractivity contribution in [3.63, 3.8) is 0 Å². The minimum absolute atomic E-state index is 0.427. The predicted molar refractivity (Wildman–Crippen MR) is 110 cm³/mol. The average Bonchev–Trinajstić information content (AvgIpc) is 3.67. The van der Waals surface area contributed by atoms with Crippen molar-refractivity contribution in [3.05, 3.63) is 12.4 Å². The van der Waals surface area contributed by atoms with Gasteiger partial charge in [0.2, 0.25) is 0 Å². The van der Waals surface area contributed by atoms with Crippen molar-refractivity contribution in [1.29, 1.82) is 0 Å². The van der Waals surface area contributed by atoms with E-state index in [2.05, 4.69) is 9.80 Å². The molecule has 0 spiro atoms. The fourth-order valence-electron chi connectivity index (χ4n) is 4.35. The zero-order valence-electron chi connectivity index (χ0n) is 17.0. The summed E-state index contributed by atoms with van der Waals surface area (Å²) in [7, 11) is 0. The Morgan fingerprint density at radius 1 is 0.643 bits per heavy atom. The minimum Gasteiger partial charge on any atom is -0.378 e. The van der Waals surface area contributed by atoms with Gasteiger partial charge in [0.25, 0.3) is 0 Å². The molecule has 6 heteroatoms. The van der Waals surface area contributed by atoms with Crippen LogP contribution in [0.3, 0.4) is 0 Å². The van der Waals surface area contributed by atoms with Crippen LogP contribution in [0.4, 0.5) is 11.6 Å². The highest BCUT2D eigenvalue weighted by molar-refractivity contribution is 5.62. The fraction of sp³-hybridized carbons (Fsp3) is 0.818. The zero-order valence-corrected chi connectivity index (χ0v) is 17.0. The van der Waals surface area contributed by atoms with Crippen LogP contribution in [0.15, 0.2) is 12.4 Å². The molecule has 0 aromatic carbocycles. The lowest BCUT2D eigenvalue weighted by Gasteiger charge is -2.37. The summed E-state index contributed by atoms with van der Waals surface area (Å²) in [5.74, 6) is 3.81. The van der Waals surface area contributed by atoms with Crippen LogP contribution in [0.2, 0.25) is 0 Å². The van der Waals surface area contributed by atoms with E-state index >= 15 is 0 Å². The molecular weight excluding hydrogens is 352 g/mol. The molecule has 1 aromatic rings. The Balaban J connectivity index is 1.14. The molecule has 0 amide bonds. The van der Waals surface area contributed by atoms with Gasteiger partial charge in [0, 0.05) is 51.8 Å². The van der Waals surface area contributed by atoms with Crippen molar-refractivity contribution in [2.75, 3.05) is 49.2 Å². The Labute approximate surface area is 168 Å². The van der Waals surface area contributed by atoms with Gasteiger partial charge in [-0.25, -0.2) is 9.97 Å². The fourth-order valence-corrected chi connectivity index (χ4v) is 4.35. The van der Waals surface area contributed by atoms with E-state index in [4.69, 9.17) is 19.4 Å². The highest BCUT2D eigenvalue weighted by Gasteiger charge is 2.30. The molecular formula is C22H34N4O2. The van der Waals surface area contributed by atoms with Crippen LogP contribution >= 0.6 is 0 Å². The lowest BCUT2D eigenvalue weighted by atomic mass is 10.1. The van der Waals surface area contributed by atoms with Gasteiger partial charge in [-0.1, -0.05) is 0 Å². The van der Waals surface area contributed by atoms with Gasteiger partial charge in [-0.05, 0) is 63.2 Å². The van der Waals surface area contributed by atoms with Gasteiger partial charge in [0.05, 0.1) is 12.2 Å². The third-order valence-electron chi connectivity index (χ3n) is 6.67. The van der Waals surface area contributed by atoms with Gasteiger partial charge in [-0.15, -0.1) is 0 Å².